The van der Waals surface area contributed by atoms with Crippen molar-refractivity contribution in [3.05, 3.63) is 59.7 Å². The van der Waals surface area contributed by atoms with Gasteiger partial charge in [-0.25, -0.2) is 5.43 Å². The first-order valence-electron chi connectivity index (χ1n) is 6.93. The summed E-state index contributed by atoms with van der Waals surface area (Å²) in [5.74, 6) is 0.197. The minimum Gasteiger partial charge on any atom is -0.497 e. The molecule has 2 aromatic carbocycles. The third kappa shape index (κ3) is 4.96. The van der Waals surface area contributed by atoms with Gasteiger partial charge in [-0.1, -0.05) is 6.07 Å². The summed E-state index contributed by atoms with van der Waals surface area (Å²) in [7, 11) is 1.60. The molecule has 0 atom stereocenters. The van der Waals surface area contributed by atoms with Crippen LogP contribution in [-0.2, 0) is 4.79 Å². The van der Waals surface area contributed by atoms with E-state index < -0.39 is 0 Å². The number of methoxy groups -OCH3 is 1. The quantitative estimate of drug-likeness (QED) is 0.657. The Morgan fingerprint density at radius 3 is 2.52 bits per heavy atom. The lowest BCUT2D eigenvalue weighted by Crippen LogP contribution is -2.18. The predicted molar refractivity (Wildman–Crippen MR) is 88.8 cm³/mol. The van der Waals surface area contributed by atoms with Crippen LogP contribution in [0.4, 0.5) is 5.69 Å². The average Bonchev–Trinajstić information content (AvgIpc) is 2.55. The van der Waals surface area contributed by atoms with Crippen molar-refractivity contribution in [2.75, 3.05) is 12.4 Å². The summed E-state index contributed by atoms with van der Waals surface area (Å²) < 4.78 is 5.06. The zero-order valence-electron chi connectivity index (χ0n) is 12.9. The highest BCUT2D eigenvalue weighted by molar-refractivity contribution is 5.97. The fourth-order valence-corrected chi connectivity index (χ4v) is 1.86. The number of nitrogens with zero attached hydrogens (tertiary/aromatic N) is 1. The molecular weight excluding hydrogens is 294 g/mol. The van der Waals surface area contributed by atoms with Gasteiger partial charge in [0.15, 0.2) is 0 Å². The van der Waals surface area contributed by atoms with Crippen molar-refractivity contribution in [3.8, 4) is 5.75 Å². The Morgan fingerprint density at radius 1 is 1.13 bits per heavy atom. The average molecular weight is 311 g/mol. The van der Waals surface area contributed by atoms with Crippen molar-refractivity contribution in [2.24, 2.45) is 5.10 Å². The molecule has 0 unspecified atom stereocenters. The van der Waals surface area contributed by atoms with E-state index in [-0.39, 0.29) is 11.8 Å². The molecule has 6 heteroatoms. The Balaban J connectivity index is 1.98. The lowest BCUT2D eigenvalue weighted by molar-refractivity contribution is -0.114. The normalized spacial score (nSPS) is 10.3. The number of nitrogens with one attached hydrogen (secondary N) is 2. The van der Waals surface area contributed by atoms with Gasteiger partial charge in [-0.2, -0.15) is 5.10 Å². The van der Waals surface area contributed by atoms with Crippen LogP contribution in [-0.4, -0.2) is 25.1 Å². The number of hydrogen-bond donors (Lipinski definition) is 2. The molecule has 118 valence electrons. The van der Waals surface area contributed by atoms with Gasteiger partial charge >= 0.3 is 0 Å². The van der Waals surface area contributed by atoms with E-state index in [9.17, 15) is 9.59 Å². The van der Waals surface area contributed by atoms with Gasteiger partial charge in [0.1, 0.15) is 5.75 Å². The van der Waals surface area contributed by atoms with Gasteiger partial charge in [-0.3, -0.25) is 9.59 Å². The van der Waals surface area contributed by atoms with Gasteiger partial charge in [0.2, 0.25) is 5.91 Å². The van der Waals surface area contributed by atoms with E-state index in [1.165, 1.54) is 13.1 Å². The highest BCUT2D eigenvalue weighted by Crippen LogP contribution is 2.11. The number of amides is 2. The molecule has 0 aliphatic heterocycles. The van der Waals surface area contributed by atoms with Crippen LogP contribution in [0.2, 0.25) is 0 Å². The Kier molecular flexibility index (Phi) is 5.46. The fraction of sp³-hybridized carbons (Fsp3) is 0.118. The highest BCUT2D eigenvalue weighted by Gasteiger charge is 2.05. The maximum Gasteiger partial charge on any atom is 0.271 e. The first-order chi connectivity index (χ1) is 11.1. The van der Waals surface area contributed by atoms with Crippen molar-refractivity contribution in [1.82, 2.24) is 5.43 Å². The number of ether oxygens (including phenoxy) is 1. The molecule has 0 aliphatic carbocycles. The lowest BCUT2D eigenvalue weighted by atomic mass is 10.2. The second kappa shape index (κ2) is 7.74. The Labute approximate surface area is 134 Å². The molecule has 0 radical (unpaired) electrons. The van der Waals surface area contributed by atoms with Crippen molar-refractivity contribution in [1.29, 1.82) is 0 Å². The van der Waals surface area contributed by atoms with Crippen LogP contribution in [0.25, 0.3) is 0 Å². The van der Waals surface area contributed by atoms with Gasteiger partial charge in [-0.05, 0) is 48.0 Å². The van der Waals surface area contributed by atoms with E-state index in [1.54, 1.807) is 43.5 Å². The van der Waals surface area contributed by atoms with Crippen LogP contribution >= 0.6 is 0 Å². The summed E-state index contributed by atoms with van der Waals surface area (Å²) in [5, 5.41) is 6.53. The monoisotopic (exact) mass is 311 g/mol. The first kappa shape index (κ1) is 16.2. The summed E-state index contributed by atoms with van der Waals surface area (Å²) in [6.45, 7) is 1.41. The molecule has 23 heavy (non-hydrogen) atoms. The molecule has 0 saturated carbocycles. The fourth-order valence-electron chi connectivity index (χ4n) is 1.86. The lowest BCUT2D eigenvalue weighted by Gasteiger charge is -2.04. The van der Waals surface area contributed by atoms with Crippen molar-refractivity contribution < 1.29 is 14.3 Å². The Morgan fingerprint density at radius 2 is 1.87 bits per heavy atom. The van der Waals surface area contributed by atoms with Crippen LogP contribution in [0.3, 0.4) is 0 Å². The number of carbonyl (C=O) groups excluding carboxylic acids is 2. The Hall–Kier alpha value is -3.15. The number of rotatable bonds is 5. The van der Waals surface area contributed by atoms with E-state index in [0.717, 1.165) is 11.3 Å². The second-order valence-electron chi connectivity index (χ2n) is 4.73. The van der Waals surface area contributed by atoms with Crippen molar-refractivity contribution in [3.63, 3.8) is 0 Å². The summed E-state index contributed by atoms with van der Waals surface area (Å²) >= 11 is 0. The van der Waals surface area contributed by atoms with E-state index >= 15 is 0 Å². The van der Waals surface area contributed by atoms with E-state index in [2.05, 4.69) is 15.8 Å². The molecule has 0 saturated heterocycles. The summed E-state index contributed by atoms with van der Waals surface area (Å²) in [4.78, 5) is 23.0. The smallest absolute Gasteiger partial charge is 0.271 e. The first-order valence-corrected chi connectivity index (χ1v) is 6.93. The van der Waals surface area contributed by atoms with E-state index in [1.807, 2.05) is 12.1 Å². The van der Waals surface area contributed by atoms with Gasteiger partial charge in [0.25, 0.3) is 5.91 Å². The van der Waals surface area contributed by atoms with Gasteiger partial charge in [-0.15, -0.1) is 0 Å². The van der Waals surface area contributed by atoms with E-state index in [4.69, 9.17) is 4.74 Å². The zero-order valence-corrected chi connectivity index (χ0v) is 12.9. The predicted octanol–water partition coefficient (Wildman–Crippen LogP) is 2.42. The molecule has 0 aliphatic rings. The van der Waals surface area contributed by atoms with Gasteiger partial charge < -0.3 is 10.1 Å². The van der Waals surface area contributed by atoms with Crippen LogP contribution in [0.1, 0.15) is 22.8 Å². The molecule has 0 heterocycles. The topological polar surface area (TPSA) is 79.8 Å². The zero-order chi connectivity index (χ0) is 16.7. The van der Waals surface area contributed by atoms with Crippen LogP contribution < -0.4 is 15.5 Å². The summed E-state index contributed by atoms with van der Waals surface area (Å²) in [6.07, 6.45) is 1.54. The number of benzene rings is 2. The van der Waals surface area contributed by atoms with Crippen LogP contribution in [0.5, 0.6) is 5.75 Å². The standard InChI is InChI=1S/C17H17N3O3/c1-12(21)19-15-5-3-4-14(10-15)17(22)20-18-11-13-6-8-16(23-2)9-7-13/h3-11H,1-2H3,(H,19,21)(H,20,22). The minimum atomic E-state index is -0.359. The SMILES string of the molecule is COc1ccc(C=NNC(=O)c2cccc(NC(C)=O)c2)cc1. The largest absolute Gasteiger partial charge is 0.497 e. The molecular formula is C17H17N3O3. The molecule has 2 aromatic rings. The maximum atomic E-state index is 12.0. The minimum absolute atomic E-state index is 0.194. The molecule has 2 amide bonds. The molecule has 0 spiro atoms. The summed E-state index contributed by atoms with van der Waals surface area (Å²) in [6, 6.07) is 13.9. The van der Waals surface area contributed by atoms with E-state index in [0.29, 0.717) is 11.3 Å². The van der Waals surface area contributed by atoms with Gasteiger partial charge in [0, 0.05) is 18.2 Å². The number of hydrogen-bond acceptors (Lipinski definition) is 4. The number of anilines is 1. The summed E-state index contributed by atoms with van der Waals surface area (Å²) in [5.41, 5.74) is 4.24. The second-order valence-corrected chi connectivity index (χ2v) is 4.73. The van der Waals surface area contributed by atoms with Crippen LogP contribution in [0, 0.1) is 0 Å². The Bertz CT molecular complexity index is 724. The maximum absolute atomic E-state index is 12.0. The number of carbonyl (C=O) groups is 2. The molecule has 2 N–H and O–H groups in total. The molecule has 0 fully saturated rings. The van der Waals surface area contributed by atoms with Crippen molar-refractivity contribution >= 4 is 23.7 Å². The molecule has 6 nitrogen and oxygen atoms in total. The molecule has 0 bridgehead atoms. The van der Waals surface area contributed by atoms with Crippen molar-refractivity contribution in [2.45, 2.75) is 6.92 Å². The highest BCUT2D eigenvalue weighted by atomic mass is 16.5. The number of hydrazone groups is 1. The third-order valence-corrected chi connectivity index (χ3v) is 2.94. The van der Waals surface area contributed by atoms with Crippen LogP contribution in [0.15, 0.2) is 53.6 Å². The molecule has 2 rings (SSSR count). The third-order valence-electron chi connectivity index (χ3n) is 2.94. The van der Waals surface area contributed by atoms with Gasteiger partial charge in [0.05, 0.1) is 13.3 Å². The molecule has 0 aromatic heterocycles.